The van der Waals surface area contributed by atoms with Gasteiger partial charge in [-0.05, 0) is 51.8 Å². The zero-order valence-electron chi connectivity index (χ0n) is 21.3. The van der Waals surface area contributed by atoms with Gasteiger partial charge in [-0.1, -0.05) is 30.3 Å². The first-order chi connectivity index (χ1) is 16.8. The van der Waals surface area contributed by atoms with Gasteiger partial charge in [0.25, 0.3) is 0 Å². The van der Waals surface area contributed by atoms with Crippen molar-refractivity contribution in [3.05, 3.63) is 35.9 Å². The first-order valence-corrected chi connectivity index (χ1v) is 12.6. The third-order valence-corrected chi connectivity index (χ3v) is 8.18. The Hall–Kier alpha value is -2.65. The van der Waals surface area contributed by atoms with Gasteiger partial charge in [0.2, 0.25) is 11.8 Å². The van der Waals surface area contributed by atoms with Crippen LogP contribution in [0, 0.1) is 0 Å². The summed E-state index contributed by atoms with van der Waals surface area (Å²) in [7, 11) is 5.95. The number of methoxy groups -OCH3 is 1. The summed E-state index contributed by atoms with van der Waals surface area (Å²) in [5.74, 6) is -0.312. The lowest BCUT2D eigenvalue weighted by molar-refractivity contribution is -0.138. The minimum absolute atomic E-state index is 0.0200. The van der Waals surface area contributed by atoms with Crippen LogP contribution in [0.1, 0.15) is 37.7 Å². The van der Waals surface area contributed by atoms with Gasteiger partial charge in [0.1, 0.15) is 6.54 Å². The van der Waals surface area contributed by atoms with Gasteiger partial charge in [0.05, 0.1) is 12.1 Å². The van der Waals surface area contributed by atoms with Gasteiger partial charge in [-0.15, -0.1) is 0 Å². The summed E-state index contributed by atoms with van der Waals surface area (Å²) >= 11 is 0. The molecule has 0 unspecified atom stereocenters. The van der Waals surface area contributed by atoms with Gasteiger partial charge < -0.3 is 24.8 Å². The van der Waals surface area contributed by atoms with E-state index in [2.05, 4.69) is 48.6 Å². The van der Waals surface area contributed by atoms with Crippen LogP contribution < -0.4 is 5.32 Å². The molecule has 4 amide bonds. The summed E-state index contributed by atoms with van der Waals surface area (Å²) in [5, 5.41) is 2.74. The van der Waals surface area contributed by atoms with Crippen molar-refractivity contribution in [2.75, 3.05) is 67.1 Å². The van der Waals surface area contributed by atoms with E-state index in [-0.39, 0.29) is 42.0 Å². The fourth-order valence-electron chi connectivity index (χ4n) is 6.12. The van der Waals surface area contributed by atoms with E-state index in [1.165, 1.54) is 5.56 Å². The SMILES string of the molecule is COCCCN1C(=O)N(CC(=O)N2CCNC(=O)C2)CC12CCC(c1ccccc1)(N(C)C)CC2. The van der Waals surface area contributed by atoms with E-state index in [1.807, 2.05) is 11.0 Å². The minimum atomic E-state index is -0.293. The Morgan fingerprint density at radius 1 is 1.11 bits per heavy atom. The molecule has 2 heterocycles. The van der Waals surface area contributed by atoms with Gasteiger partial charge in [0.15, 0.2) is 0 Å². The van der Waals surface area contributed by atoms with Crippen molar-refractivity contribution >= 4 is 17.8 Å². The normalized spacial score (nSPS) is 27.1. The second-order valence-corrected chi connectivity index (χ2v) is 10.3. The Kier molecular flexibility index (Phi) is 7.66. The monoisotopic (exact) mass is 485 g/mol. The summed E-state index contributed by atoms with van der Waals surface area (Å²) in [5.41, 5.74) is 0.946. The molecule has 192 valence electrons. The average molecular weight is 486 g/mol. The van der Waals surface area contributed by atoms with Crippen molar-refractivity contribution in [3.8, 4) is 0 Å². The number of benzene rings is 1. The summed E-state index contributed by atoms with van der Waals surface area (Å²) in [6, 6.07) is 10.6. The molecule has 1 aromatic rings. The third-order valence-electron chi connectivity index (χ3n) is 8.18. The maximum Gasteiger partial charge on any atom is 0.321 e. The Balaban J connectivity index is 1.52. The molecule has 35 heavy (non-hydrogen) atoms. The van der Waals surface area contributed by atoms with Crippen LogP contribution in [0.15, 0.2) is 30.3 Å². The first kappa shape index (κ1) is 25.4. The summed E-state index contributed by atoms with van der Waals surface area (Å²) < 4.78 is 5.26. The van der Waals surface area contributed by atoms with Crippen molar-refractivity contribution in [2.24, 2.45) is 0 Å². The molecule has 1 aromatic carbocycles. The molecule has 9 nitrogen and oxygen atoms in total. The van der Waals surface area contributed by atoms with Gasteiger partial charge in [0, 0.05) is 45.4 Å². The molecule has 0 bridgehead atoms. The largest absolute Gasteiger partial charge is 0.385 e. The fourth-order valence-corrected chi connectivity index (χ4v) is 6.12. The van der Waals surface area contributed by atoms with Gasteiger partial charge in [-0.3, -0.25) is 14.5 Å². The molecule has 0 aromatic heterocycles. The van der Waals surface area contributed by atoms with Crippen LogP contribution >= 0.6 is 0 Å². The van der Waals surface area contributed by atoms with Crippen molar-refractivity contribution in [2.45, 2.75) is 43.2 Å². The average Bonchev–Trinajstić information content (AvgIpc) is 3.10. The highest BCUT2D eigenvalue weighted by Crippen LogP contribution is 2.48. The van der Waals surface area contributed by atoms with Crippen LogP contribution in [-0.2, 0) is 19.9 Å². The first-order valence-electron chi connectivity index (χ1n) is 12.6. The highest BCUT2D eigenvalue weighted by atomic mass is 16.5. The second kappa shape index (κ2) is 10.5. The fraction of sp³-hybridized carbons (Fsp3) is 0.654. The molecule has 1 spiro atoms. The van der Waals surface area contributed by atoms with Crippen LogP contribution in [0.5, 0.6) is 0 Å². The number of ether oxygens (including phenoxy) is 1. The number of urea groups is 1. The summed E-state index contributed by atoms with van der Waals surface area (Å²) in [4.78, 5) is 45.9. The van der Waals surface area contributed by atoms with Gasteiger partial charge in [-0.2, -0.15) is 0 Å². The van der Waals surface area contributed by atoms with E-state index >= 15 is 0 Å². The molecule has 4 rings (SSSR count). The number of nitrogens with one attached hydrogen (secondary N) is 1. The molecule has 1 saturated carbocycles. The molecule has 1 N–H and O–H groups in total. The van der Waals surface area contributed by atoms with E-state index in [1.54, 1.807) is 16.9 Å². The van der Waals surface area contributed by atoms with Crippen molar-refractivity contribution in [3.63, 3.8) is 0 Å². The predicted molar refractivity (Wildman–Crippen MR) is 133 cm³/mol. The Morgan fingerprint density at radius 3 is 2.46 bits per heavy atom. The lowest BCUT2D eigenvalue weighted by Crippen LogP contribution is -2.55. The summed E-state index contributed by atoms with van der Waals surface area (Å²) in [6.45, 7) is 2.77. The van der Waals surface area contributed by atoms with E-state index < -0.39 is 0 Å². The van der Waals surface area contributed by atoms with Gasteiger partial charge >= 0.3 is 6.03 Å². The lowest BCUT2D eigenvalue weighted by atomic mass is 9.68. The molecule has 2 saturated heterocycles. The molecule has 2 aliphatic heterocycles. The Morgan fingerprint density at radius 2 is 1.83 bits per heavy atom. The molecule has 3 aliphatic rings. The zero-order chi connectivity index (χ0) is 25.1. The third kappa shape index (κ3) is 5.02. The van der Waals surface area contributed by atoms with Crippen molar-refractivity contribution in [1.29, 1.82) is 0 Å². The molecule has 9 heteroatoms. The number of nitrogens with zero attached hydrogens (tertiary/aromatic N) is 4. The lowest BCUT2D eigenvalue weighted by Gasteiger charge is -2.51. The van der Waals surface area contributed by atoms with Crippen LogP contribution in [0.4, 0.5) is 4.79 Å². The number of amides is 4. The number of carbonyl (C=O) groups is 3. The number of hydrogen-bond donors (Lipinski definition) is 1. The van der Waals surface area contributed by atoms with Crippen molar-refractivity contribution < 1.29 is 19.1 Å². The second-order valence-electron chi connectivity index (χ2n) is 10.3. The Bertz CT molecular complexity index is 914. The smallest absolute Gasteiger partial charge is 0.321 e. The van der Waals surface area contributed by atoms with Crippen LogP contribution in [0.25, 0.3) is 0 Å². The quantitative estimate of drug-likeness (QED) is 0.564. The molecular formula is C26H39N5O4. The van der Waals surface area contributed by atoms with Crippen LogP contribution in [0.3, 0.4) is 0 Å². The molecule has 0 radical (unpaired) electrons. The number of rotatable bonds is 8. The van der Waals surface area contributed by atoms with E-state index in [0.717, 1.165) is 32.1 Å². The standard InChI is InChI=1S/C26H39N5O4/c1-28(2)26(21-8-5-4-6-9-21)12-10-25(11-13-26)20-30(24(34)31(25)15-7-17-35-3)19-23(33)29-16-14-27-22(32)18-29/h4-6,8-9H,7,10-20H2,1-3H3,(H,27,32). The molecule has 0 atom stereocenters. The molecule has 3 fully saturated rings. The highest BCUT2D eigenvalue weighted by molar-refractivity contribution is 5.89. The zero-order valence-corrected chi connectivity index (χ0v) is 21.3. The van der Waals surface area contributed by atoms with E-state index in [0.29, 0.717) is 32.8 Å². The minimum Gasteiger partial charge on any atom is -0.385 e. The molecular weight excluding hydrogens is 446 g/mol. The summed E-state index contributed by atoms with van der Waals surface area (Å²) in [6.07, 6.45) is 4.37. The van der Waals surface area contributed by atoms with Crippen LogP contribution in [-0.4, -0.2) is 110 Å². The van der Waals surface area contributed by atoms with Crippen molar-refractivity contribution in [1.82, 2.24) is 24.9 Å². The highest BCUT2D eigenvalue weighted by Gasteiger charge is 2.54. The number of hydrogen-bond acceptors (Lipinski definition) is 5. The van der Waals surface area contributed by atoms with E-state index in [9.17, 15) is 14.4 Å². The molecule has 1 aliphatic carbocycles. The Labute approximate surface area is 208 Å². The van der Waals surface area contributed by atoms with E-state index in [4.69, 9.17) is 4.74 Å². The predicted octanol–water partition coefficient (Wildman–Crippen LogP) is 1.49. The maximum absolute atomic E-state index is 13.6. The van der Waals surface area contributed by atoms with Crippen LogP contribution in [0.2, 0.25) is 0 Å². The number of piperazine rings is 1. The number of carbonyl (C=O) groups excluding carboxylic acids is 3. The maximum atomic E-state index is 13.6. The topological polar surface area (TPSA) is 85.4 Å². The van der Waals surface area contributed by atoms with Gasteiger partial charge in [-0.25, -0.2) is 4.79 Å².